The SMILES string of the molecule is CC/C=C\C/C=C\C/C=C\C/C=C\C/C=C\C/C=C\C/C=C\CCCCCCCCCCCCCCCCCCCC(=O)OC(CO)COC(=O)CCCCCCCCCCCCCCCCCCCCCCCCCCCCCCCCCCCCCCCC. The molecule has 0 saturated carbocycles. The van der Waals surface area contributed by atoms with Gasteiger partial charge in [-0.05, 0) is 70.6 Å². The van der Waals surface area contributed by atoms with Crippen molar-refractivity contribution in [1.82, 2.24) is 0 Å². The quantitative estimate of drug-likeness (QED) is 0.0373. The number of carbonyl (C=O) groups is 2. The Bertz CT molecular complexity index is 1630. The van der Waals surface area contributed by atoms with Crippen molar-refractivity contribution in [1.29, 1.82) is 0 Å². The maximum absolute atomic E-state index is 12.4. The lowest BCUT2D eigenvalue weighted by Gasteiger charge is -2.15. The highest BCUT2D eigenvalue weighted by molar-refractivity contribution is 5.70. The zero-order valence-corrected chi connectivity index (χ0v) is 61.1. The van der Waals surface area contributed by atoms with Crippen LogP contribution in [0.1, 0.15) is 431 Å². The van der Waals surface area contributed by atoms with Crippen molar-refractivity contribution < 1.29 is 24.2 Å². The highest BCUT2D eigenvalue weighted by Crippen LogP contribution is 2.20. The Labute approximate surface area is 568 Å². The topological polar surface area (TPSA) is 72.8 Å². The fourth-order valence-electron chi connectivity index (χ4n) is 12.4. The van der Waals surface area contributed by atoms with Crippen LogP contribution in [0.4, 0.5) is 0 Å². The van der Waals surface area contributed by atoms with Gasteiger partial charge in [-0.15, -0.1) is 0 Å². The van der Waals surface area contributed by atoms with Gasteiger partial charge >= 0.3 is 11.9 Å². The van der Waals surface area contributed by atoms with Gasteiger partial charge in [-0.25, -0.2) is 0 Å². The second kappa shape index (κ2) is 81.3. The number of ether oxygens (including phenoxy) is 2. The van der Waals surface area contributed by atoms with E-state index in [2.05, 4.69) is 98.9 Å². The van der Waals surface area contributed by atoms with Crippen LogP contribution in [0.25, 0.3) is 0 Å². The molecule has 0 radical (unpaired) electrons. The molecule has 0 rings (SSSR count). The van der Waals surface area contributed by atoms with Crippen LogP contribution in [0.5, 0.6) is 0 Å². The predicted octanol–water partition coefficient (Wildman–Crippen LogP) is 28.7. The van der Waals surface area contributed by atoms with E-state index in [1.165, 1.54) is 327 Å². The summed E-state index contributed by atoms with van der Waals surface area (Å²) in [6.07, 6.45) is 115. The number of carbonyl (C=O) groups excluding carboxylic acids is 2. The van der Waals surface area contributed by atoms with Crippen LogP contribution in [0.3, 0.4) is 0 Å². The lowest BCUT2D eigenvalue weighted by Crippen LogP contribution is -2.28. The third kappa shape index (κ3) is 79.4. The summed E-state index contributed by atoms with van der Waals surface area (Å²) in [5.41, 5.74) is 0. The average Bonchev–Trinajstić information content (AvgIpc) is 3.67. The molecule has 0 fully saturated rings. The molecule has 91 heavy (non-hydrogen) atoms. The van der Waals surface area contributed by atoms with E-state index in [0.717, 1.165) is 77.0 Å². The van der Waals surface area contributed by atoms with Gasteiger partial charge in [0.2, 0.25) is 0 Å². The first-order chi connectivity index (χ1) is 45.1. The summed E-state index contributed by atoms with van der Waals surface area (Å²) >= 11 is 0. The van der Waals surface area contributed by atoms with Crippen molar-refractivity contribution >= 4 is 11.9 Å². The van der Waals surface area contributed by atoms with Gasteiger partial charge in [0, 0.05) is 12.8 Å². The number of hydrogen-bond donors (Lipinski definition) is 1. The maximum atomic E-state index is 12.4. The molecule has 0 saturated heterocycles. The summed E-state index contributed by atoms with van der Waals surface area (Å²) in [6.45, 7) is 4.09. The van der Waals surface area contributed by atoms with Gasteiger partial charge in [-0.2, -0.15) is 0 Å². The van der Waals surface area contributed by atoms with Crippen molar-refractivity contribution in [3.8, 4) is 0 Å². The van der Waals surface area contributed by atoms with E-state index in [0.29, 0.717) is 12.8 Å². The molecule has 530 valence electrons. The lowest BCUT2D eigenvalue weighted by atomic mass is 10.0. The third-order valence-corrected chi connectivity index (χ3v) is 18.5. The summed E-state index contributed by atoms with van der Waals surface area (Å²) in [6, 6.07) is 0. The van der Waals surface area contributed by atoms with Crippen LogP contribution in [0.2, 0.25) is 0 Å². The van der Waals surface area contributed by atoms with E-state index in [1.807, 2.05) is 0 Å². The minimum absolute atomic E-state index is 0.0619. The molecular formula is C86H156O5. The second-order valence-electron chi connectivity index (χ2n) is 27.5. The van der Waals surface area contributed by atoms with Crippen molar-refractivity contribution in [2.45, 2.75) is 437 Å². The Hall–Kier alpha value is -2.92. The van der Waals surface area contributed by atoms with E-state index < -0.39 is 6.10 Å². The number of esters is 2. The van der Waals surface area contributed by atoms with E-state index >= 15 is 0 Å². The van der Waals surface area contributed by atoms with E-state index in [4.69, 9.17) is 9.47 Å². The molecule has 0 amide bonds. The minimum atomic E-state index is -0.774. The number of unbranched alkanes of at least 4 members (excludes halogenated alkanes) is 54. The number of allylic oxidation sites excluding steroid dienone is 14. The van der Waals surface area contributed by atoms with Crippen LogP contribution >= 0.6 is 0 Å². The molecule has 0 spiro atoms. The summed E-state index contributed by atoms with van der Waals surface area (Å²) in [5, 5.41) is 9.73. The van der Waals surface area contributed by atoms with Crippen LogP contribution in [0, 0.1) is 0 Å². The molecule has 0 aliphatic carbocycles. The highest BCUT2D eigenvalue weighted by Gasteiger charge is 2.16. The summed E-state index contributed by atoms with van der Waals surface area (Å²) < 4.78 is 10.8. The number of aliphatic hydroxyl groups excluding tert-OH is 1. The fraction of sp³-hybridized carbons (Fsp3) is 0.814. The average molecular weight is 1270 g/mol. The summed E-state index contributed by atoms with van der Waals surface area (Å²) in [5.74, 6) is -0.569. The molecule has 0 aromatic heterocycles. The maximum Gasteiger partial charge on any atom is 0.306 e. The smallest absolute Gasteiger partial charge is 0.306 e. The van der Waals surface area contributed by atoms with Gasteiger partial charge in [0.1, 0.15) is 6.61 Å². The molecule has 1 N–H and O–H groups in total. The first kappa shape index (κ1) is 88.1. The van der Waals surface area contributed by atoms with Gasteiger partial charge in [-0.1, -0.05) is 433 Å². The molecule has 1 unspecified atom stereocenters. The monoisotopic (exact) mass is 1270 g/mol. The number of rotatable bonds is 76. The molecule has 0 bridgehead atoms. The Morgan fingerprint density at radius 3 is 0.714 bits per heavy atom. The lowest BCUT2D eigenvalue weighted by molar-refractivity contribution is -0.161. The van der Waals surface area contributed by atoms with Crippen LogP contribution in [-0.2, 0) is 19.1 Å². The number of hydrogen-bond acceptors (Lipinski definition) is 5. The second-order valence-corrected chi connectivity index (χ2v) is 27.5. The zero-order valence-electron chi connectivity index (χ0n) is 61.1. The Morgan fingerprint density at radius 1 is 0.264 bits per heavy atom. The standard InChI is InChI=1S/C86H156O5/c1-3-5-7-9-11-13-15-17-19-21-23-25-27-29-31-33-35-37-39-41-43-45-47-49-51-53-55-57-59-61-63-65-67-69-71-73-75-77-79-81-86(89)91-84(82-87)83-90-85(88)80-78-76-74-72-70-68-66-64-62-60-58-56-54-52-50-48-46-44-42-40-38-36-34-32-30-28-26-24-22-20-18-16-14-12-10-8-6-4-2/h5,7,11,13,17,19,23,25,29,31,35,37,41,43,84,87H,3-4,6,8-10,12,14-16,18,20-22,24,26-28,30,32-34,36,38-40,42,44-83H2,1-2H3/b7-5-,13-11-,19-17-,25-23-,31-29-,37-35-,43-41-. The van der Waals surface area contributed by atoms with E-state index in [1.54, 1.807) is 0 Å². The van der Waals surface area contributed by atoms with Crippen molar-refractivity contribution in [2.24, 2.45) is 0 Å². The molecule has 0 aliphatic rings. The summed E-state index contributed by atoms with van der Waals surface area (Å²) in [4.78, 5) is 24.7. The van der Waals surface area contributed by atoms with Gasteiger partial charge in [-0.3, -0.25) is 9.59 Å². The Balaban J connectivity index is 3.40. The minimum Gasteiger partial charge on any atom is -0.462 e. The largest absolute Gasteiger partial charge is 0.462 e. The third-order valence-electron chi connectivity index (χ3n) is 18.5. The molecule has 0 aromatic carbocycles. The molecule has 1 atom stereocenters. The van der Waals surface area contributed by atoms with Gasteiger partial charge in [0.05, 0.1) is 6.61 Å². The Morgan fingerprint density at radius 2 is 0.473 bits per heavy atom. The van der Waals surface area contributed by atoms with Crippen molar-refractivity contribution in [3.63, 3.8) is 0 Å². The van der Waals surface area contributed by atoms with E-state index in [-0.39, 0.29) is 25.2 Å². The number of aliphatic hydroxyl groups is 1. The summed E-state index contributed by atoms with van der Waals surface area (Å²) in [7, 11) is 0. The fourth-order valence-corrected chi connectivity index (χ4v) is 12.4. The van der Waals surface area contributed by atoms with Gasteiger partial charge in [0.25, 0.3) is 0 Å². The predicted molar refractivity (Wildman–Crippen MR) is 403 cm³/mol. The molecule has 0 aliphatic heterocycles. The van der Waals surface area contributed by atoms with Crippen LogP contribution in [-0.4, -0.2) is 36.4 Å². The van der Waals surface area contributed by atoms with Crippen molar-refractivity contribution in [3.05, 3.63) is 85.1 Å². The van der Waals surface area contributed by atoms with Crippen LogP contribution < -0.4 is 0 Å². The van der Waals surface area contributed by atoms with Crippen molar-refractivity contribution in [2.75, 3.05) is 13.2 Å². The van der Waals surface area contributed by atoms with Gasteiger partial charge in [0.15, 0.2) is 6.10 Å². The molecule has 0 heterocycles. The molecule has 5 nitrogen and oxygen atoms in total. The zero-order chi connectivity index (χ0) is 65.4. The normalized spacial score (nSPS) is 12.6. The van der Waals surface area contributed by atoms with E-state index in [9.17, 15) is 14.7 Å². The molecule has 5 heteroatoms. The van der Waals surface area contributed by atoms with Gasteiger partial charge < -0.3 is 14.6 Å². The molecular weight excluding hydrogens is 1110 g/mol. The molecule has 0 aromatic rings. The first-order valence-electron chi connectivity index (χ1n) is 40.6. The first-order valence-corrected chi connectivity index (χ1v) is 40.6. The van der Waals surface area contributed by atoms with Crippen LogP contribution in [0.15, 0.2) is 85.1 Å². The highest BCUT2D eigenvalue weighted by atomic mass is 16.6. The Kier molecular flexibility index (Phi) is 78.7.